The molecule has 0 bridgehead atoms. The van der Waals surface area contributed by atoms with Crippen molar-refractivity contribution in [2.24, 2.45) is 0 Å². The lowest BCUT2D eigenvalue weighted by molar-refractivity contribution is -0.119. The van der Waals surface area contributed by atoms with Crippen molar-refractivity contribution in [1.82, 2.24) is 0 Å². The molecule has 1 aromatic carbocycles. The highest BCUT2D eigenvalue weighted by molar-refractivity contribution is 5.53. The molecule has 2 nitrogen and oxygen atoms in total. The molecule has 0 N–H and O–H groups in total. The predicted molar refractivity (Wildman–Crippen MR) is 59.6 cm³/mol. The first-order valence-corrected chi connectivity index (χ1v) is 5.49. The largest absolute Gasteiger partial charge is 0.493 e. The Bertz CT molecular complexity index is 403. The summed E-state index contributed by atoms with van der Waals surface area (Å²) in [6.07, 6.45) is -2.40. The first-order chi connectivity index (χ1) is 7.96. The summed E-state index contributed by atoms with van der Waals surface area (Å²) in [5.74, 6) is 0.792. The third kappa shape index (κ3) is 3.05. The first kappa shape index (κ1) is 12.1. The molecule has 1 aromatic rings. The zero-order chi connectivity index (χ0) is 12.5. The van der Waals surface area contributed by atoms with Gasteiger partial charge in [0.1, 0.15) is 12.3 Å². The number of alkyl halides is 3. The highest BCUT2D eigenvalue weighted by Gasteiger charge is 2.29. The minimum atomic E-state index is -4.18. The topological polar surface area (TPSA) is 12.5 Å². The zero-order valence-electron chi connectivity index (χ0n) is 9.55. The number of aryl methyl sites for hydroxylation is 1. The Kier molecular flexibility index (Phi) is 3.17. The Morgan fingerprint density at radius 1 is 1.35 bits per heavy atom. The van der Waals surface area contributed by atoms with Crippen LogP contribution in [0, 0.1) is 0 Å². The van der Waals surface area contributed by atoms with Gasteiger partial charge in [-0.2, -0.15) is 13.2 Å². The van der Waals surface area contributed by atoms with E-state index in [4.69, 9.17) is 4.74 Å². The number of fused-ring (bicyclic) bond motifs is 1. The summed E-state index contributed by atoms with van der Waals surface area (Å²) in [7, 11) is 1.44. The molecule has 0 fully saturated rings. The van der Waals surface area contributed by atoms with Crippen molar-refractivity contribution < 1.29 is 17.9 Å². The second-order valence-electron chi connectivity index (χ2n) is 4.22. The van der Waals surface area contributed by atoms with E-state index >= 15 is 0 Å². The van der Waals surface area contributed by atoms with Crippen molar-refractivity contribution in [3.8, 4) is 5.75 Å². The van der Waals surface area contributed by atoms with Gasteiger partial charge in [0.15, 0.2) is 0 Å². The molecule has 0 saturated heterocycles. The van der Waals surface area contributed by atoms with Crippen molar-refractivity contribution in [2.45, 2.75) is 19.0 Å². The second-order valence-corrected chi connectivity index (χ2v) is 4.22. The van der Waals surface area contributed by atoms with Gasteiger partial charge in [-0.1, -0.05) is 0 Å². The predicted octanol–water partition coefficient (Wildman–Crippen LogP) is 3.01. The van der Waals surface area contributed by atoms with Crippen LogP contribution >= 0.6 is 0 Å². The van der Waals surface area contributed by atoms with Gasteiger partial charge in [-0.25, -0.2) is 0 Å². The summed E-state index contributed by atoms with van der Waals surface area (Å²) in [5.41, 5.74) is 1.56. The smallest absolute Gasteiger partial charge is 0.405 e. The molecular formula is C12H14F3NO. The van der Waals surface area contributed by atoms with Crippen LogP contribution in [-0.4, -0.2) is 26.4 Å². The molecule has 5 heteroatoms. The normalized spacial score (nSPS) is 15.1. The van der Waals surface area contributed by atoms with Gasteiger partial charge >= 0.3 is 6.18 Å². The molecule has 17 heavy (non-hydrogen) atoms. The lowest BCUT2D eigenvalue weighted by atomic mass is 10.1. The molecule has 1 aliphatic heterocycles. The molecule has 0 saturated carbocycles. The zero-order valence-corrected chi connectivity index (χ0v) is 9.55. The van der Waals surface area contributed by atoms with E-state index in [9.17, 15) is 13.2 Å². The molecule has 0 amide bonds. The van der Waals surface area contributed by atoms with Gasteiger partial charge in [-0.05, 0) is 36.6 Å². The van der Waals surface area contributed by atoms with Crippen molar-refractivity contribution in [3.63, 3.8) is 0 Å². The van der Waals surface area contributed by atoms with Crippen molar-refractivity contribution in [3.05, 3.63) is 23.8 Å². The standard InChI is InChI=1S/C12H14F3NO/c1-16(8-12(13,14)15)10-4-5-11-9(7-10)3-2-6-17-11/h4-5,7H,2-3,6,8H2,1H3. The maximum Gasteiger partial charge on any atom is 0.405 e. The highest BCUT2D eigenvalue weighted by atomic mass is 19.4. The van der Waals surface area contributed by atoms with E-state index in [1.165, 1.54) is 11.9 Å². The minimum absolute atomic E-state index is 0.576. The second kappa shape index (κ2) is 4.47. The average molecular weight is 245 g/mol. The van der Waals surface area contributed by atoms with Gasteiger partial charge in [-0.15, -0.1) is 0 Å². The Balaban J connectivity index is 2.16. The van der Waals surface area contributed by atoms with Crippen molar-refractivity contribution in [2.75, 3.05) is 25.1 Å². The molecule has 1 heterocycles. The fourth-order valence-electron chi connectivity index (χ4n) is 1.94. The number of ether oxygens (including phenoxy) is 1. The van der Waals surface area contributed by atoms with E-state index in [1.807, 2.05) is 0 Å². The van der Waals surface area contributed by atoms with E-state index in [-0.39, 0.29) is 0 Å². The van der Waals surface area contributed by atoms with E-state index in [0.717, 1.165) is 24.2 Å². The fourth-order valence-corrected chi connectivity index (χ4v) is 1.94. The molecule has 1 aliphatic rings. The maximum absolute atomic E-state index is 12.3. The SMILES string of the molecule is CN(CC(F)(F)F)c1ccc2c(c1)CCCO2. The Labute approximate surface area is 98.0 Å². The number of rotatable bonds is 2. The third-order valence-corrected chi connectivity index (χ3v) is 2.75. The van der Waals surface area contributed by atoms with Gasteiger partial charge < -0.3 is 9.64 Å². The number of hydrogen-bond donors (Lipinski definition) is 0. The van der Waals surface area contributed by atoms with Crippen LogP contribution in [0.4, 0.5) is 18.9 Å². The lowest BCUT2D eigenvalue weighted by Crippen LogP contribution is -2.30. The number of halogens is 3. The van der Waals surface area contributed by atoms with Crippen LogP contribution in [0.3, 0.4) is 0 Å². The van der Waals surface area contributed by atoms with Crippen LogP contribution < -0.4 is 9.64 Å². The van der Waals surface area contributed by atoms with Gasteiger partial charge in [0.05, 0.1) is 6.61 Å². The maximum atomic E-state index is 12.3. The van der Waals surface area contributed by atoms with Crippen LogP contribution in [-0.2, 0) is 6.42 Å². The fraction of sp³-hybridized carbons (Fsp3) is 0.500. The van der Waals surface area contributed by atoms with Crippen molar-refractivity contribution in [1.29, 1.82) is 0 Å². The minimum Gasteiger partial charge on any atom is -0.493 e. The van der Waals surface area contributed by atoms with Gasteiger partial charge in [0, 0.05) is 12.7 Å². The molecule has 0 spiro atoms. The summed E-state index contributed by atoms with van der Waals surface area (Å²) < 4.78 is 42.2. The Hall–Kier alpha value is -1.39. The van der Waals surface area contributed by atoms with Crippen LogP contribution in [0.15, 0.2) is 18.2 Å². The van der Waals surface area contributed by atoms with E-state index < -0.39 is 12.7 Å². The average Bonchev–Trinajstić information content (AvgIpc) is 2.26. The summed E-state index contributed by atoms with van der Waals surface area (Å²) in [5, 5.41) is 0. The van der Waals surface area contributed by atoms with E-state index in [2.05, 4.69) is 0 Å². The molecule has 94 valence electrons. The molecule has 0 aliphatic carbocycles. The molecular weight excluding hydrogens is 231 g/mol. The first-order valence-electron chi connectivity index (χ1n) is 5.49. The van der Waals surface area contributed by atoms with E-state index in [0.29, 0.717) is 12.3 Å². The van der Waals surface area contributed by atoms with Crippen LogP contribution in [0.25, 0.3) is 0 Å². The van der Waals surface area contributed by atoms with Crippen LogP contribution in [0.2, 0.25) is 0 Å². The third-order valence-electron chi connectivity index (χ3n) is 2.75. The summed E-state index contributed by atoms with van der Waals surface area (Å²) >= 11 is 0. The van der Waals surface area contributed by atoms with Crippen LogP contribution in [0.5, 0.6) is 5.75 Å². The highest BCUT2D eigenvalue weighted by Crippen LogP contribution is 2.29. The summed E-state index contributed by atoms with van der Waals surface area (Å²) in [4.78, 5) is 1.20. The monoisotopic (exact) mass is 245 g/mol. The summed E-state index contributed by atoms with van der Waals surface area (Å²) in [6, 6.07) is 5.19. The molecule has 2 rings (SSSR count). The van der Waals surface area contributed by atoms with Crippen molar-refractivity contribution >= 4 is 5.69 Å². The molecule has 0 aromatic heterocycles. The van der Waals surface area contributed by atoms with Crippen LogP contribution in [0.1, 0.15) is 12.0 Å². The number of anilines is 1. The van der Waals surface area contributed by atoms with E-state index in [1.54, 1.807) is 18.2 Å². The number of benzene rings is 1. The molecule has 0 unspecified atom stereocenters. The van der Waals surface area contributed by atoms with Gasteiger partial charge in [0.25, 0.3) is 0 Å². The summed E-state index contributed by atoms with van der Waals surface area (Å²) in [6.45, 7) is -0.253. The molecule has 0 atom stereocenters. The van der Waals surface area contributed by atoms with Gasteiger partial charge in [0.2, 0.25) is 0 Å². The Morgan fingerprint density at radius 3 is 2.82 bits per heavy atom. The quantitative estimate of drug-likeness (QED) is 0.794. The number of hydrogen-bond acceptors (Lipinski definition) is 2. The number of nitrogens with zero attached hydrogens (tertiary/aromatic N) is 1. The Morgan fingerprint density at radius 2 is 2.12 bits per heavy atom. The lowest BCUT2D eigenvalue weighted by Gasteiger charge is -2.24. The molecule has 0 radical (unpaired) electrons. The van der Waals surface area contributed by atoms with Gasteiger partial charge in [-0.3, -0.25) is 0 Å².